The number of alkyl carbamates (subject to hydrolysis) is 1. The van der Waals surface area contributed by atoms with Crippen molar-refractivity contribution in [1.29, 1.82) is 0 Å². The van der Waals surface area contributed by atoms with Crippen LogP contribution in [-0.4, -0.2) is 24.3 Å². The molecule has 0 aliphatic heterocycles. The Kier molecular flexibility index (Phi) is 3.04. The summed E-state index contributed by atoms with van der Waals surface area (Å²) in [6.07, 6.45) is -0.342. The molecule has 1 fully saturated rings. The van der Waals surface area contributed by atoms with E-state index in [1.165, 1.54) is 0 Å². The molecular weight excluding hydrogens is 180 g/mol. The van der Waals surface area contributed by atoms with Crippen molar-refractivity contribution in [2.45, 2.75) is 39.3 Å². The second-order valence-electron chi connectivity index (χ2n) is 4.93. The molecule has 0 aromatic carbocycles. The van der Waals surface area contributed by atoms with E-state index in [1.807, 2.05) is 20.8 Å². The Bertz CT molecular complexity index is 223. The van der Waals surface area contributed by atoms with E-state index in [0.29, 0.717) is 18.4 Å². The summed E-state index contributed by atoms with van der Waals surface area (Å²) >= 11 is 0. The van der Waals surface area contributed by atoms with Gasteiger partial charge in [0.25, 0.3) is 0 Å². The fraction of sp³-hybridized carbons (Fsp3) is 0.900. The molecule has 1 aliphatic rings. The third kappa shape index (κ3) is 2.87. The minimum Gasteiger partial charge on any atom is -0.444 e. The lowest BCUT2D eigenvalue weighted by molar-refractivity contribution is 0.0519. The molecule has 3 atom stereocenters. The third-order valence-corrected chi connectivity index (χ3v) is 2.52. The van der Waals surface area contributed by atoms with Gasteiger partial charge in [-0.1, -0.05) is 6.92 Å². The Morgan fingerprint density at radius 1 is 1.50 bits per heavy atom. The van der Waals surface area contributed by atoms with Crippen LogP contribution in [0.5, 0.6) is 0 Å². The lowest BCUT2D eigenvalue weighted by Gasteiger charge is -2.19. The zero-order valence-corrected chi connectivity index (χ0v) is 9.33. The van der Waals surface area contributed by atoms with Gasteiger partial charge in [0.2, 0.25) is 0 Å². The van der Waals surface area contributed by atoms with Crippen LogP contribution in [0.1, 0.15) is 27.7 Å². The van der Waals surface area contributed by atoms with Crippen molar-refractivity contribution in [3.8, 4) is 0 Å². The minimum absolute atomic E-state index is 0.204. The highest BCUT2D eigenvalue weighted by Crippen LogP contribution is 2.37. The van der Waals surface area contributed by atoms with Gasteiger partial charge in [0, 0.05) is 6.04 Å². The predicted octanol–water partition coefficient (Wildman–Crippen LogP) is 1.10. The Balaban J connectivity index is 2.29. The molecule has 0 heterocycles. The maximum absolute atomic E-state index is 11.3. The average Bonchev–Trinajstić information content (AvgIpc) is 2.56. The normalized spacial score (nSPS) is 31.1. The van der Waals surface area contributed by atoms with Crippen LogP contribution in [0.4, 0.5) is 4.79 Å². The van der Waals surface area contributed by atoms with Gasteiger partial charge in [-0.3, -0.25) is 0 Å². The van der Waals surface area contributed by atoms with Crippen LogP contribution in [0.3, 0.4) is 0 Å². The molecule has 14 heavy (non-hydrogen) atoms. The quantitative estimate of drug-likeness (QED) is 0.701. The summed E-state index contributed by atoms with van der Waals surface area (Å²) < 4.78 is 5.14. The van der Waals surface area contributed by atoms with Gasteiger partial charge >= 0.3 is 6.09 Å². The first kappa shape index (κ1) is 11.3. The zero-order valence-electron chi connectivity index (χ0n) is 9.33. The molecule has 0 saturated heterocycles. The van der Waals surface area contributed by atoms with E-state index in [0.717, 1.165) is 0 Å². The molecule has 1 rings (SSSR count). The van der Waals surface area contributed by atoms with Crippen LogP contribution < -0.4 is 11.1 Å². The van der Waals surface area contributed by atoms with Crippen LogP contribution in [0.15, 0.2) is 0 Å². The molecule has 0 radical (unpaired) electrons. The highest BCUT2D eigenvalue weighted by molar-refractivity contribution is 5.68. The Hall–Kier alpha value is -0.770. The van der Waals surface area contributed by atoms with E-state index in [4.69, 9.17) is 10.5 Å². The fourth-order valence-electron chi connectivity index (χ4n) is 1.59. The van der Waals surface area contributed by atoms with Gasteiger partial charge < -0.3 is 15.8 Å². The number of hydrogen-bond acceptors (Lipinski definition) is 3. The van der Waals surface area contributed by atoms with Crippen LogP contribution in [0.2, 0.25) is 0 Å². The van der Waals surface area contributed by atoms with Crippen molar-refractivity contribution in [3.63, 3.8) is 0 Å². The molecule has 3 N–H and O–H groups in total. The summed E-state index contributed by atoms with van der Waals surface area (Å²) in [4.78, 5) is 11.3. The van der Waals surface area contributed by atoms with Crippen molar-refractivity contribution >= 4 is 6.09 Å². The summed E-state index contributed by atoms with van der Waals surface area (Å²) in [5.74, 6) is 0.898. The number of nitrogens with one attached hydrogen (secondary N) is 1. The number of nitrogens with two attached hydrogens (primary N) is 1. The highest BCUT2D eigenvalue weighted by atomic mass is 16.6. The number of carbonyl (C=O) groups excluding carboxylic acids is 1. The zero-order chi connectivity index (χ0) is 10.9. The summed E-state index contributed by atoms with van der Waals surface area (Å²) in [6, 6.07) is 0.204. The number of rotatable bonds is 2. The van der Waals surface area contributed by atoms with Crippen LogP contribution in [-0.2, 0) is 4.74 Å². The van der Waals surface area contributed by atoms with Gasteiger partial charge in [0.15, 0.2) is 0 Å². The largest absolute Gasteiger partial charge is 0.444 e. The van der Waals surface area contributed by atoms with Crippen molar-refractivity contribution < 1.29 is 9.53 Å². The minimum atomic E-state index is -0.430. The van der Waals surface area contributed by atoms with Gasteiger partial charge in [0.05, 0.1) is 0 Å². The molecule has 1 saturated carbocycles. The summed E-state index contributed by atoms with van der Waals surface area (Å²) in [5.41, 5.74) is 5.10. The summed E-state index contributed by atoms with van der Waals surface area (Å²) in [5, 5.41) is 2.82. The number of hydrogen-bond donors (Lipinski definition) is 2. The Morgan fingerprint density at radius 2 is 2.07 bits per heavy atom. The SMILES string of the molecule is CC1C(CN)C1NC(=O)OC(C)(C)C. The number of carbonyl (C=O) groups is 1. The van der Waals surface area contributed by atoms with Crippen molar-refractivity contribution in [3.05, 3.63) is 0 Å². The molecule has 0 aromatic rings. The van der Waals surface area contributed by atoms with Gasteiger partial charge in [-0.05, 0) is 39.2 Å². The van der Waals surface area contributed by atoms with Crippen molar-refractivity contribution in [2.75, 3.05) is 6.54 Å². The molecule has 3 unspecified atom stereocenters. The van der Waals surface area contributed by atoms with E-state index < -0.39 is 5.60 Å². The van der Waals surface area contributed by atoms with Gasteiger partial charge in [-0.25, -0.2) is 4.79 Å². The van der Waals surface area contributed by atoms with Gasteiger partial charge in [-0.2, -0.15) is 0 Å². The first-order chi connectivity index (χ1) is 6.35. The maximum atomic E-state index is 11.3. The second-order valence-corrected chi connectivity index (χ2v) is 4.93. The monoisotopic (exact) mass is 200 g/mol. The van der Waals surface area contributed by atoms with Crippen molar-refractivity contribution in [1.82, 2.24) is 5.32 Å². The molecule has 1 amide bonds. The second kappa shape index (κ2) is 3.77. The van der Waals surface area contributed by atoms with E-state index in [1.54, 1.807) is 0 Å². The molecule has 4 heteroatoms. The molecule has 0 spiro atoms. The first-order valence-corrected chi connectivity index (χ1v) is 5.04. The van der Waals surface area contributed by atoms with Gasteiger partial charge in [-0.15, -0.1) is 0 Å². The Morgan fingerprint density at radius 3 is 2.43 bits per heavy atom. The van der Waals surface area contributed by atoms with Crippen LogP contribution in [0, 0.1) is 11.8 Å². The third-order valence-electron chi connectivity index (χ3n) is 2.52. The predicted molar refractivity (Wildman–Crippen MR) is 54.9 cm³/mol. The number of ether oxygens (including phenoxy) is 1. The van der Waals surface area contributed by atoms with Gasteiger partial charge in [0.1, 0.15) is 5.60 Å². The van der Waals surface area contributed by atoms with Crippen LogP contribution in [0.25, 0.3) is 0 Å². The van der Waals surface area contributed by atoms with E-state index >= 15 is 0 Å². The van der Waals surface area contributed by atoms with Crippen molar-refractivity contribution in [2.24, 2.45) is 17.6 Å². The molecule has 1 aliphatic carbocycles. The summed E-state index contributed by atoms with van der Waals surface area (Å²) in [7, 11) is 0. The lowest BCUT2D eigenvalue weighted by Crippen LogP contribution is -2.35. The molecule has 0 aromatic heterocycles. The first-order valence-electron chi connectivity index (χ1n) is 5.04. The molecule has 82 valence electrons. The fourth-order valence-corrected chi connectivity index (χ4v) is 1.59. The highest BCUT2D eigenvalue weighted by Gasteiger charge is 2.46. The maximum Gasteiger partial charge on any atom is 0.407 e. The standard InChI is InChI=1S/C10H20N2O2/c1-6-7(5-11)8(6)12-9(13)14-10(2,3)4/h6-8H,5,11H2,1-4H3,(H,12,13). The molecule has 4 nitrogen and oxygen atoms in total. The smallest absolute Gasteiger partial charge is 0.407 e. The van der Waals surface area contributed by atoms with E-state index in [-0.39, 0.29) is 12.1 Å². The topological polar surface area (TPSA) is 64.3 Å². The molecular formula is C10H20N2O2. The lowest BCUT2D eigenvalue weighted by atomic mass is 10.2. The molecule has 0 bridgehead atoms. The van der Waals surface area contributed by atoms with Crippen LogP contribution >= 0.6 is 0 Å². The summed E-state index contributed by atoms with van der Waals surface area (Å²) in [6.45, 7) is 8.26. The van der Waals surface area contributed by atoms with E-state index in [9.17, 15) is 4.79 Å². The number of amides is 1. The van der Waals surface area contributed by atoms with E-state index in [2.05, 4.69) is 12.2 Å². The average molecular weight is 200 g/mol. The Labute approximate surface area is 85.2 Å².